The highest BCUT2D eigenvalue weighted by Gasteiger charge is 2.24. The largest absolute Gasteiger partial charge is 0.495 e. The van der Waals surface area contributed by atoms with Gasteiger partial charge in [0.2, 0.25) is 15.9 Å². The summed E-state index contributed by atoms with van der Waals surface area (Å²) in [6.45, 7) is 3.99. The van der Waals surface area contributed by atoms with Crippen LogP contribution in [0.1, 0.15) is 30.9 Å². The predicted octanol–water partition coefficient (Wildman–Crippen LogP) is 2.64. The van der Waals surface area contributed by atoms with Gasteiger partial charge in [-0.2, -0.15) is 10.4 Å². The summed E-state index contributed by atoms with van der Waals surface area (Å²) >= 11 is 0. The van der Waals surface area contributed by atoms with E-state index in [1.807, 2.05) is 6.07 Å². The van der Waals surface area contributed by atoms with Crippen molar-refractivity contribution in [3.05, 3.63) is 39.7 Å². The summed E-state index contributed by atoms with van der Waals surface area (Å²) in [7, 11) is -2.58. The van der Waals surface area contributed by atoms with E-state index in [2.05, 4.69) is 15.0 Å². The average molecular weight is 476 g/mol. The molecular weight excluding hydrogens is 450 g/mol. The molecule has 0 saturated carbocycles. The molecule has 1 aromatic carbocycles. The summed E-state index contributed by atoms with van der Waals surface area (Å²) < 4.78 is 39.9. The van der Waals surface area contributed by atoms with Crippen LogP contribution in [0.2, 0.25) is 0 Å². The van der Waals surface area contributed by atoms with Crippen LogP contribution in [0.5, 0.6) is 11.6 Å². The number of benzene rings is 1. The molecule has 12 heteroatoms. The third kappa shape index (κ3) is 5.05. The van der Waals surface area contributed by atoms with Crippen molar-refractivity contribution in [2.45, 2.75) is 44.2 Å². The number of azo groups is 1. The van der Waals surface area contributed by atoms with E-state index < -0.39 is 21.5 Å². The maximum atomic E-state index is 12.9. The quantitative estimate of drug-likeness (QED) is 0.556. The molecule has 3 rings (SSSR count). The van der Waals surface area contributed by atoms with E-state index in [-0.39, 0.29) is 52.3 Å². The fraction of sp³-hybridized carbons (Fsp3) is 0.429. The van der Waals surface area contributed by atoms with Gasteiger partial charge in [-0.25, -0.2) is 13.1 Å². The van der Waals surface area contributed by atoms with Gasteiger partial charge in [0.05, 0.1) is 18.9 Å². The molecule has 1 fully saturated rings. The minimum atomic E-state index is -3.94. The topological polar surface area (TPSA) is 155 Å². The molecule has 1 aliphatic rings. The lowest BCUT2D eigenvalue weighted by atomic mass is 10.1. The first-order chi connectivity index (χ1) is 15.7. The first-order valence-electron chi connectivity index (χ1n) is 10.3. The zero-order chi connectivity index (χ0) is 24.2. The molecule has 0 aliphatic carbocycles. The second-order valence-electron chi connectivity index (χ2n) is 7.36. The van der Waals surface area contributed by atoms with Crippen molar-refractivity contribution in [2.75, 3.05) is 20.3 Å². The second kappa shape index (κ2) is 10.1. The Labute approximate surface area is 191 Å². The Morgan fingerprint density at radius 3 is 2.76 bits per heavy atom. The van der Waals surface area contributed by atoms with Crippen molar-refractivity contribution in [3.63, 3.8) is 0 Å². The summed E-state index contributed by atoms with van der Waals surface area (Å²) in [6.07, 6.45) is 1.48. The molecule has 1 aromatic heterocycles. The van der Waals surface area contributed by atoms with E-state index in [1.165, 1.54) is 32.2 Å². The van der Waals surface area contributed by atoms with Crippen LogP contribution in [0.3, 0.4) is 0 Å². The van der Waals surface area contributed by atoms with E-state index in [0.717, 1.165) is 17.4 Å². The summed E-state index contributed by atoms with van der Waals surface area (Å²) in [4.78, 5) is 12.5. The minimum Gasteiger partial charge on any atom is -0.495 e. The van der Waals surface area contributed by atoms with Crippen molar-refractivity contribution in [2.24, 2.45) is 10.2 Å². The van der Waals surface area contributed by atoms with Gasteiger partial charge in [-0.05, 0) is 44.9 Å². The summed E-state index contributed by atoms with van der Waals surface area (Å²) in [5, 5.41) is 27.5. The van der Waals surface area contributed by atoms with Crippen LogP contribution in [0, 0.1) is 18.3 Å². The Kier molecular flexibility index (Phi) is 7.47. The Hall–Kier alpha value is -3.27. The summed E-state index contributed by atoms with van der Waals surface area (Å²) in [5.74, 6) is -0.314. The lowest BCUT2D eigenvalue weighted by molar-refractivity contribution is 0.114. The van der Waals surface area contributed by atoms with E-state index in [1.54, 1.807) is 6.92 Å². The maximum Gasteiger partial charge on any atom is 0.281 e. The highest BCUT2D eigenvalue weighted by atomic mass is 32.2. The SMILES string of the molecule is CCn1c(O)c(C#N)c(C)c(N=Nc2ccc(OC)c(S(=O)(=O)NCC3CCCO3)c2)c1=O. The van der Waals surface area contributed by atoms with Gasteiger partial charge in [-0.3, -0.25) is 9.36 Å². The molecule has 176 valence electrons. The van der Waals surface area contributed by atoms with Crippen molar-refractivity contribution >= 4 is 21.4 Å². The summed E-state index contributed by atoms with van der Waals surface area (Å²) in [5.41, 5.74) is -0.491. The van der Waals surface area contributed by atoms with Crippen molar-refractivity contribution in [1.82, 2.24) is 9.29 Å². The van der Waals surface area contributed by atoms with Gasteiger partial charge < -0.3 is 14.6 Å². The number of pyridine rings is 1. The molecule has 2 aromatic rings. The zero-order valence-electron chi connectivity index (χ0n) is 18.5. The van der Waals surface area contributed by atoms with E-state index in [4.69, 9.17) is 9.47 Å². The fourth-order valence-electron chi connectivity index (χ4n) is 3.48. The lowest BCUT2D eigenvalue weighted by Gasteiger charge is -2.14. The number of rotatable bonds is 8. The Bertz CT molecular complexity index is 1270. The normalized spacial score (nSPS) is 16.2. The van der Waals surface area contributed by atoms with Crippen LogP contribution in [-0.2, 0) is 21.3 Å². The minimum absolute atomic E-state index is 0.0817. The third-order valence-corrected chi connectivity index (χ3v) is 6.76. The van der Waals surface area contributed by atoms with Gasteiger partial charge >= 0.3 is 0 Å². The Morgan fingerprint density at radius 1 is 1.39 bits per heavy atom. The molecule has 2 N–H and O–H groups in total. The fourth-order valence-corrected chi connectivity index (χ4v) is 4.73. The van der Waals surface area contributed by atoms with Crippen LogP contribution in [0.15, 0.2) is 38.1 Å². The van der Waals surface area contributed by atoms with E-state index in [9.17, 15) is 23.6 Å². The van der Waals surface area contributed by atoms with Crippen molar-refractivity contribution < 1.29 is 23.0 Å². The Morgan fingerprint density at radius 2 is 2.15 bits per heavy atom. The molecule has 1 atom stereocenters. The van der Waals surface area contributed by atoms with Gasteiger partial charge in [-0.15, -0.1) is 5.11 Å². The molecular formula is C21H25N5O6S. The highest BCUT2D eigenvalue weighted by molar-refractivity contribution is 7.89. The Balaban J connectivity index is 1.97. The first kappa shape index (κ1) is 24.4. The molecule has 0 spiro atoms. The number of methoxy groups -OCH3 is 1. The number of hydrogen-bond donors (Lipinski definition) is 2. The van der Waals surface area contributed by atoms with Crippen LogP contribution in [0.25, 0.3) is 0 Å². The first-order valence-corrected chi connectivity index (χ1v) is 11.8. The van der Waals surface area contributed by atoms with Gasteiger partial charge in [0, 0.05) is 25.3 Å². The summed E-state index contributed by atoms with van der Waals surface area (Å²) in [6, 6.07) is 6.06. The molecule has 33 heavy (non-hydrogen) atoms. The van der Waals surface area contributed by atoms with Gasteiger partial charge in [0.15, 0.2) is 5.69 Å². The predicted molar refractivity (Wildman–Crippen MR) is 119 cm³/mol. The number of nitrogens with one attached hydrogen (secondary N) is 1. The smallest absolute Gasteiger partial charge is 0.281 e. The number of hydrogen-bond acceptors (Lipinski definition) is 9. The third-order valence-electron chi connectivity index (χ3n) is 5.31. The number of aromatic nitrogens is 1. The lowest BCUT2D eigenvalue weighted by Crippen LogP contribution is -2.32. The molecule has 1 saturated heterocycles. The molecule has 1 unspecified atom stereocenters. The molecule has 0 amide bonds. The molecule has 11 nitrogen and oxygen atoms in total. The second-order valence-corrected chi connectivity index (χ2v) is 9.09. The number of aromatic hydroxyl groups is 1. The van der Waals surface area contributed by atoms with Crippen LogP contribution in [0.4, 0.5) is 11.4 Å². The van der Waals surface area contributed by atoms with E-state index in [0.29, 0.717) is 6.61 Å². The number of nitrogens with zero attached hydrogens (tertiary/aromatic N) is 4. The van der Waals surface area contributed by atoms with Crippen molar-refractivity contribution in [3.8, 4) is 17.7 Å². The maximum absolute atomic E-state index is 12.9. The molecule has 1 aliphatic heterocycles. The number of nitriles is 1. The zero-order valence-corrected chi connectivity index (χ0v) is 19.3. The van der Waals surface area contributed by atoms with Gasteiger partial charge in [0.1, 0.15) is 22.3 Å². The van der Waals surface area contributed by atoms with Crippen LogP contribution >= 0.6 is 0 Å². The number of sulfonamides is 1. The standard InChI is InChI=1S/C21H25N5O6S/c1-4-26-20(27)16(11-22)13(2)19(21(26)28)25-24-14-7-8-17(31-3)18(10-14)33(29,30)23-12-15-6-5-9-32-15/h7-8,10,15,23,27H,4-6,9,12H2,1-3H3. The average Bonchev–Trinajstić information content (AvgIpc) is 3.32. The van der Waals surface area contributed by atoms with Crippen LogP contribution in [-0.4, -0.2) is 44.5 Å². The molecule has 2 heterocycles. The monoisotopic (exact) mass is 475 g/mol. The molecule has 0 radical (unpaired) electrons. The molecule has 0 bridgehead atoms. The van der Waals surface area contributed by atoms with Gasteiger partial charge in [-0.1, -0.05) is 0 Å². The van der Waals surface area contributed by atoms with E-state index >= 15 is 0 Å². The number of ether oxygens (including phenoxy) is 2. The van der Waals surface area contributed by atoms with Crippen LogP contribution < -0.4 is 15.0 Å². The van der Waals surface area contributed by atoms with Crippen molar-refractivity contribution in [1.29, 1.82) is 5.26 Å². The van der Waals surface area contributed by atoms with Gasteiger partial charge in [0.25, 0.3) is 5.56 Å². The highest BCUT2D eigenvalue weighted by Crippen LogP contribution is 2.31.